The second kappa shape index (κ2) is 6.36. The summed E-state index contributed by atoms with van der Waals surface area (Å²) in [6, 6.07) is 2.07. The van der Waals surface area contributed by atoms with Crippen molar-refractivity contribution >= 4 is 11.6 Å². The lowest BCUT2D eigenvalue weighted by molar-refractivity contribution is 0.304. The Morgan fingerprint density at radius 3 is 2.60 bits per heavy atom. The van der Waals surface area contributed by atoms with Crippen LogP contribution in [-0.2, 0) is 11.2 Å². The molecule has 1 aliphatic rings. The minimum Gasteiger partial charge on any atom is -0.493 e. The number of hydrogen-bond acceptors (Lipinski definition) is 2. The second-order valence-electron chi connectivity index (χ2n) is 5.94. The van der Waals surface area contributed by atoms with Crippen molar-refractivity contribution in [2.45, 2.75) is 59.7 Å². The molecular formula is C17H25ClO2. The monoisotopic (exact) mass is 296 g/mol. The minimum atomic E-state index is 0.383. The van der Waals surface area contributed by atoms with E-state index in [1.165, 1.54) is 5.56 Å². The average molecular weight is 297 g/mol. The van der Waals surface area contributed by atoms with Gasteiger partial charge >= 0.3 is 0 Å². The fourth-order valence-corrected chi connectivity index (χ4v) is 2.96. The zero-order valence-electron chi connectivity index (χ0n) is 13.1. The third-order valence-corrected chi connectivity index (χ3v) is 4.66. The van der Waals surface area contributed by atoms with Gasteiger partial charge in [-0.05, 0) is 62.3 Å². The van der Waals surface area contributed by atoms with Gasteiger partial charge in [-0.3, -0.25) is 0 Å². The smallest absolute Gasteiger partial charge is 0.123 e. The first-order valence-corrected chi connectivity index (χ1v) is 7.90. The summed E-state index contributed by atoms with van der Waals surface area (Å²) in [5.74, 6) is 1.48. The van der Waals surface area contributed by atoms with Gasteiger partial charge in [-0.25, -0.2) is 0 Å². The molecule has 3 atom stereocenters. The number of halogens is 1. The molecule has 2 rings (SSSR count). The summed E-state index contributed by atoms with van der Waals surface area (Å²) in [4.78, 5) is 0. The van der Waals surface area contributed by atoms with E-state index in [0.717, 1.165) is 41.3 Å². The van der Waals surface area contributed by atoms with Gasteiger partial charge in [0.05, 0.1) is 18.8 Å². The molecule has 0 spiro atoms. The SMILES string of the molecule is CCCOc1cc(C)c(Cl)c(C)c1CC(C)C1OC1C. The van der Waals surface area contributed by atoms with Crippen molar-refractivity contribution in [1.82, 2.24) is 0 Å². The Morgan fingerprint density at radius 1 is 1.40 bits per heavy atom. The molecule has 1 fully saturated rings. The Kier molecular flexibility index (Phi) is 4.98. The van der Waals surface area contributed by atoms with Crippen molar-refractivity contribution < 1.29 is 9.47 Å². The molecule has 1 heterocycles. The summed E-state index contributed by atoms with van der Waals surface area (Å²) >= 11 is 6.41. The van der Waals surface area contributed by atoms with Crippen molar-refractivity contribution in [2.75, 3.05) is 6.61 Å². The maximum absolute atomic E-state index is 6.41. The molecule has 1 aromatic carbocycles. The first-order valence-electron chi connectivity index (χ1n) is 7.52. The topological polar surface area (TPSA) is 21.8 Å². The first-order chi connectivity index (χ1) is 9.45. The highest BCUT2D eigenvalue weighted by atomic mass is 35.5. The van der Waals surface area contributed by atoms with Gasteiger partial charge in [0.25, 0.3) is 0 Å². The fourth-order valence-electron chi connectivity index (χ4n) is 2.79. The molecule has 3 unspecified atom stereocenters. The summed E-state index contributed by atoms with van der Waals surface area (Å²) in [7, 11) is 0. The molecule has 1 aliphatic heterocycles. The molecule has 112 valence electrons. The van der Waals surface area contributed by atoms with Gasteiger partial charge in [0.15, 0.2) is 0 Å². The van der Waals surface area contributed by atoms with E-state index in [2.05, 4.69) is 33.8 Å². The van der Waals surface area contributed by atoms with E-state index in [1.807, 2.05) is 6.92 Å². The van der Waals surface area contributed by atoms with Crippen LogP contribution < -0.4 is 4.74 Å². The van der Waals surface area contributed by atoms with E-state index in [1.54, 1.807) is 0 Å². The molecule has 0 N–H and O–H groups in total. The van der Waals surface area contributed by atoms with Gasteiger partial charge in [0, 0.05) is 5.02 Å². The van der Waals surface area contributed by atoms with E-state index in [0.29, 0.717) is 18.1 Å². The number of benzene rings is 1. The van der Waals surface area contributed by atoms with Crippen molar-refractivity contribution in [2.24, 2.45) is 5.92 Å². The zero-order valence-corrected chi connectivity index (χ0v) is 13.9. The molecular weight excluding hydrogens is 272 g/mol. The van der Waals surface area contributed by atoms with Gasteiger partial charge < -0.3 is 9.47 Å². The first kappa shape index (κ1) is 15.7. The van der Waals surface area contributed by atoms with Crippen LogP contribution in [0.25, 0.3) is 0 Å². The van der Waals surface area contributed by atoms with Crippen molar-refractivity contribution in [3.05, 3.63) is 27.8 Å². The van der Waals surface area contributed by atoms with Crippen molar-refractivity contribution in [3.8, 4) is 5.75 Å². The Hall–Kier alpha value is -0.730. The second-order valence-corrected chi connectivity index (χ2v) is 6.32. The molecule has 20 heavy (non-hydrogen) atoms. The van der Waals surface area contributed by atoms with Crippen LogP contribution in [-0.4, -0.2) is 18.8 Å². The quantitative estimate of drug-likeness (QED) is 0.709. The Labute approximate surface area is 127 Å². The highest BCUT2D eigenvalue weighted by Gasteiger charge is 2.39. The van der Waals surface area contributed by atoms with Gasteiger partial charge in [-0.2, -0.15) is 0 Å². The molecule has 1 aromatic rings. The molecule has 0 bridgehead atoms. The summed E-state index contributed by atoms with van der Waals surface area (Å²) < 4.78 is 11.5. The van der Waals surface area contributed by atoms with Crippen LogP contribution in [0.5, 0.6) is 5.75 Å². The molecule has 0 saturated carbocycles. The Morgan fingerprint density at radius 2 is 2.05 bits per heavy atom. The van der Waals surface area contributed by atoms with Crippen LogP contribution in [0.15, 0.2) is 6.07 Å². The molecule has 0 amide bonds. The van der Waals surface area contributed by atoms with E-state index in [4.69, 9.17) is 21.1 Å². The largest absolute Gasteiger partial charge is 0.493 e. The molecule has 0 radical (unpaired) electrons. The number of hydrogen-bond donors (Lipinski definition) is 0. The van der Waals surface area contributed by atoms with E-state index < -0.39 is 0 Å². The third-order valence-electron chi connectivity index (χ3n) is 4.08. The van der Waals surface area contributed by atoms with Gasteiger partial charge in [-0.15, -0.1) is 0 Å². The predicted molar refractivity (Wildman–Crippen MR) is 83.9 cm³/mol. The highest BCUT2D eigenvalue weighted by molar-refractivity contribution is 6.32. The van der Waals surface area contributed by atoms with Crippen molar-refractivity contribution in [3.63, 3.8) is 0 Å². The fraction of sp³-hybridized carbons (Fsp3) is 0.647. The summed E-state index contributed by atoms with van der Waals surface area (Å²) in [5.41, 5.74) is 3.48. The predicted octanol–water partition coefficient (Wildman–Crippen LogP) is 4.71. The van der Waals surface area contributed by atoms with Gasteiger partial charge in [-0.1, -0.05) is 25.4 Å². The number of rotatable bonds is 6. The maximum Gasteiger partial charge on any atom is 0.123 e. The van der Waals surface area contributed by atoms with Crippen LogP contribution in [0.2, 0.25) is 5.02 Å². The number of epoxide rings is 1. The summed E-state index contributed by atoms with van der Waals surface area (Å²) in [6.07, 6.45) is 2.75. The molecule has 0 aromatic heterocycles. The Balaban J connectivity index is 2.25. The van der Waals surface area contributed by atoms with Crippen LogP contribution in [0, 0.1) is 19.8 Å². The van der Waals surface area contributed by atoms with Gasteiger partial charge in [0.1, 0.15) is 5.75 Å². The summed E-state index contributed by atoms with van der Waals surface area (Å²) in [6.45, 7) is 11.4. The van der Waals surface area contributed by atoms with E-state index in [-0.39, 0.29) is 0 Å². The van der Waals surface area contributed by atoms with Crippen LogP contribution >= 0.6 is 11.6 Å². The summed E-state index contributed by atoms with van der Waals surface area (Å²) in [5, 5.41) is 0.862. The average Bonchev–Trinajstić information content (AvgIpc) is 3.14. The van der Waals surface area contributed by atoms with Crippen molar-refractivity contribution in [1.29, 1.82) is 0 Å². The van der Waals surface area contributed by atoms with E-state index in [9.17, 15) is 0 Å². The molecule has 3 heteroatoms. The molecule has 1 saturated heterocycles. The zero-order chi connectivity index (χ0) is 14.9. The molecule has 0 aliphatic carbocycles. The van der Waals surface area contributed by atoms with E-state index >= 15 is 0 Å². The number of ether oxygens (including phenoxy) is 2. The minimum absolute atomic E-state index is 0.383. The third kappa shape index (κ3) is 3.29. The lowest BCUT2D eigenvalue weighted by atomic mass is 9.92. The normalized spacial score (nSPS) is 22.7. The highest BCUT2D eigenvalue weighted by Crippen LogP contribution is 2.37. The lowest BCUT2D eigenvalue weighted by Gasteiger charge is -2.19. The lowest BCUT2D eigenvalue weighted by Crippen LogP contribution is -2.12. The maximum atomic E-state index is 6.41. The van der Waals surface area contributed by atoms with Crippen LogP contribution in [0.3, 0.4) is 0 Å². The standard InChI is InChI=1S/C17H25ClO2/c1-6-7-19-15-9-10(2)16(18)12(4)14(15)8-11(3)17-13(5)20-17/h9,11,13,17H,6-8H2,1-5H3. The molecule has 2 nitrogen and oxygen atoms in total. The Bertz CT molecular complexity index is 484. The van der Waals surface area contributed by atoms with Crippen LogP contribution in [0.4, 0.5) is 0 Å². The number of aryl methyl sites for hydroxylation is 1. The van der Waals surface area contributed by atoms with Gasteiger partial charge in [0.2, 0.25) is 0 Å². The van der Waals surface area contributed by atoms with Crippen LogP contribution in [0.1, 0.15) is 43.9 Å².